The molecule has 0 heterocycles. The zero-order chi connectivity index (χ0) is 19.8. The third-order valence-electron chi connectivity index (χ3n) is 4.15. The molecule has 142 valence electrons. The number of carbonyl (C=O) groups excluding carboxylic acids is 1. The number of hydrogen-bond acceptors (Lipinski definition) is 5. The largest absolute Gasteiger partial charge is 0.493 e. The lowest BCUT2D eigenvalue weighted by Crippen LogP contribution is -2.31. The number of nitriles is 1. The molecular formula is C21H24N2O4. The average Bonchev–Trinajstić information content (AvgIpc) is 2.72. The second kappa shape index (κ2) is 9.48. The van der Waals surface area contributed by atoms with E-state index in [0.29, 0.717) is 41.5 Å². The van der Waals surface area contributed by atoms with Crippen molar-refractivity contribution in [2.45, 2.75) is 19.9 Å². The Morgan fingerprint density at radius 3 is 2.07 bits per heavy atom. The van der Waals surface area contributed by atoms with Crippen LogP contribution >= 0.6 is 0 Å². The summed E-state index contributed by atoms with van der Waals surface area (Å²) in [6.07, 6.45) is 0.826. The lowest BCUT2D eigenvalue weighted by molar-refractivity contribution is 0.0742. The van der Waals surface area contributed by atoms with Crippen molar-refractivity contribution in [3.8, 4) is 23.3 Å². The van der Waals surface area contributed by atoms with Crippen LogP contribution in [-0.2, 0) is 6.54 Å². The molecular weight excluding hydrogens is 344 g/mol. The molecule has 6 nitrogen and oxygen atoms in total. The van der Waals surface area contributed by atoms with Crippen LogP contribution in [0.2, 0.25) is 0 Å². The van der Waals surface area contributed by atoms with E-state index in [2.05, 4.69) is 6.07 Å². The van der Waals surface area contributed by atoms with Crippen LogP contribution in [0.1, 0.15) is 34.8 Å². The van der Waals surface area contributed by atoms with Gasteiger partial charge in [0, 0.05) is 18.7 Å². The van der Waals surface area contributed by atoms with Crippen molar-refractivity contribution in [1.29, 1.82) is 5.26 Å². The van der Waals surface area contributed by atoms with E-state index in [-0.39, 0.29) is 5.91 Å². The van der Waals surface area contributed by atoms with Crippen LogP contribution in [0.3, 0.4) is 0 Å². The van der Waals surface area contributed by atoms with Gasteiger partial charge in [-0.25, -0.2) is 0 Å². The summed E-state index contributed by atoms with van der Waals surface area (Å²) in [7, 11) is 4.56. The molecule has 0 saturated carbocycles. The summed E-state index contributed by atoms with van der Waals surface area (Å²) in [6.45, 7) is 3.08. The van der Waals surface area contributed by atoms with Crippen LogP contribution in [0.4, 0.5) is 0 Å². The highest BCUT2D eigenvalue weighted by molar-refractivity contribution is 5.95. The lowest BCUT2D eigenvalue weighted by atomic mass is 10.1. The predicted octanol–water partition coefficient (Wildman–Crippen LogP) is 3.64. The summed E-state index contributed by atoms with van der Waals surface area (Å²) in [6, 6.07) is 12.6. The van der Waals surface area contributed by atoms with Crippen molar-refractivity contribution >= 4 is 5.91 Å². The van der Waals surface area contributed by atoms with Gasteiger partial charge in [-0.1, -0.05) is 19.1 Å². The second-order valence-corrected chi connectivity index (χ2v) is 5.95. The predicted molar refractivity (Wildman–Crippen MR) is 102 cm³/mol. The molecule has 0 spiro atoms. The van der Waals surface area contributed by atoms with Crippen molar-refractivity contribution in [2.75, 3.05) is 27.9 Å². The Morgan fingerprint density at radius 2 is 1.63 bits per heavy atom. The van der Waals surface area contributed by atoms with Gasteiger partial charge in [-0.05, 0) is 36.2 Å². The first-order chi connectivity index (χ1) is 13.1. The van der Waals surface area contributed by atoms with Crippen molar-refractivity contribution in [1.82, 2.24) is 4.90 Å². The normalized spacial score (nSPS) is 10.0. The van der Waals surface area contributed by atoms with Gasteiger partial charge < -0.3 is 19.1 Å². The molecule has 0 atom stereocenters. The summed E-state index contributed by atoms with van der Waals surface area (Å²) in [4.78, 5) is 14.9. The highest BCUT2D eigenvalue weighted by atomic mass is 16.5. The van der Waals surface area contributed by atoms with Gasteiger partial charge in [0.05, 0.1) is 33.0 Å². The molecule has 0 aliphatic rings. The maximum absolute atomic E-state index is 13.1. The summed E-state index contributed by atoms with van der Waals surface area (Å²) >= 11 is 0. The van der Waals surface area contributed by atoms with Gasteiger partial charge in [0.25, 0.3) is 5.91 Å². The molecule has 0 unspecified atom stereocenters. The Hall–Kier alpha value is -3.20. The average molecular weight is 368 g/mol. The molecule has 0 radical (unpaired) electrons. The fourth-order valence-corrected chi connectivity index (χ4v) is 2.81. The number of ether oxygens (including phenoxy) is 3. The van der Waals surface area contributed by atoms with Crippen LogP contribution in [0.15, 0.2) is 36.4 Å². The van der Waals surface area contributed by atoms with Gasteiger partial charge in [0.2, 0.25) is 5.75 Å². The van der Waals surface area contributed by atoms with E-state index in [1.807, 2.05) is 19.1 Å². The molecule has 0 aromatic heterocycles. The van der Waals surface area contributed by atoms with E-state index in [4.69, 9.17) is 19.5 Å². The van der Waals surface area contributed by atoms with Crippen LogP contribution in [0.5, 0.6) is 17.2 Å². The van der Waals surface area contributed by atoms with E-state index in [1.165, 1.54) is 21.3 Å². The first kappa shape index (κ1) is 20.1. The molecule has 0 N–H and O–H groups in total. The van der Waals surface area contributed by atoms with Crippen LogP contribution in [0, 0.1) is 11.3 Å². The zero-order valence-electron chi connectivity index (χ0n) is 16.1. The fourth-order valence-electron chi connectivity index (χ4n) is 2.81. The van der Waals surface area contributed by atoms with Gasteiger partial charge in [-0.2, -0.15) is 5.26 Å². The number of amides is 1. The van der Waals surface area contributed by atoms with Crippen molar-refractivity contribution in [2.24, 2.45) is 0 Å². The molecule has 0 aliphatic heterocycles. The Morgan fingerprint density at radius 1 is 1.04 bits per heavy atom. The van der Waals surface area contributed by atoms with Gasteiger partial charge >= 0.3 is 0 Å². The maximum atomic E-state index is 13.1. The molecule has 2 aromatic rings. The molecule has 1 amide bonds. The minimum atomic E-state index is -0.125. The second-order valence-electron chi connectivity index (χ2n) is 5.95. The first-order valence-electron chi connectivity index (χ1n) is 8.66. The van der Waals surface area contributed by atoms with Gasteiger partial charge in [0.15, 0.2) is 11.5 Å². The SMILES string of the molecule is CCCN(Cc1ccc(C#N)cc1)C(=O)c1cc(OC)c(OC)c(OC)c1. The monoisotopic (exact) mass is 368 g/mol. The van der Waals surface area contributed by atoms with Gasteiger partial charge in [0.1, 0.15) is 0 Å². The summed E-state index contributed by atoms with van der Waals surface area (Å²) < 4.78 is 16.0. The van der Waals surface area contributed by atoms with Crippen molar-refractivity contribution in [3.63, 3.8) is 0 Å². The Balaban J connectivity index is 2.33. The van der Waals surface area contributed by atoms with Gasteiger partial charge in [-0.15, -0.1) is 0 Å². The molecule has 0 aliphatic carbocycles. The summed E-state index contributed by atoms with van der Waals surface area (Å²) in [5, 5.41) is 8.92. The van der Waals surface area contributed by atoms with E-state index in [1.54, 1.807) is 29.2 Å². The molecule has 2 aromatic carbocycles. The topological polar surface area (TPSA) is 71.8 Å². The molecule has 0 bridgehead atoms. The van der Waals surface area contributed by atoms with Crippen molar-refractivity contribution < 1.29 is 19.0 Å². The lowest BCUT2D eigenvalue weighted by Gasteiger charge is -2.23. The standard InChI is InChI=1S/C21H24N2O4/c1-5-10-23(14-16-8-6-15(13-22)7-9-16)21(24)17-11-18(25-2)20(27-4)19(12-17)26-3/h6-9,11-12H,5,10,14H2,1-4H3. The Bertz CT molecular complexity index is 800. The molecule has 6 heteroatoms. The van der Waals surface area contributed by atoms with E-state index >= 15 is 0 Å². The van der Waals surface area contributed by atoms with Crippen LogP contribution in [0.25, 0.3) is 0 Å². The zero-order valence-corrected chi connectivity index (χ0v) is 16.1. The van der Waals surface area contributed by atoms with E-state index < -0.39 is 0 Å². The highest BCUT2D eigenvalue weighted by Gasteiger charge is 2.21. The number of methoxy groups -OCH3 is 3. The number of carbonyl (C=O) groups is 1. The van der Waals surface area contributed by atoms with E-state index in [9.17, 15) is 4.79 Å². The highest BCUT2D eigenvalue weighted by Crippen LogP contribution is 2.38. The maximum Gasteiger partial charge on any atom is 0.254 e. The third kappa shape index (κ3) is 4.70. The van der Waals surface area contributed by atoms with E-state index in [0.717, 1.165) is 12.0 Å². The minimum Gasteiger partial charge on any atom is -0.493 e. The van der Waals surface area contributed by atoms with Crippen molar-refractivity contribution in [3.05, 3.63) is 53.1 Å². The third-order valence-corrected chi connectivity index (χ3v) is 4.15. The quantitative estimate of drug-likeness (QED) is 0.711. The minimum absolute atomic E-state index is 0.125. The number of hydrogen-bond donors (Lipinski definition) is 0. The molecule has 0 fully saturated rings. The Labute approximate surface area is 159 Å². The molecule has 2 rings (SSSR count). The molecule has 27 heavy (non-hydrogen) atoms. The summed E-state index contributed by atoms with van der Waals surface area (Å²) in [5.74, 6) is 1.20. The smallest absolute Gasteiger partial charge is 0.254 e. The summed E-state index contributed by atoms with van der Waals surface area (Å²) in [5.41, 5.74) is 2.02. The van der Waals surface area contributed by atoms with Gasteiger partial charge in [-0.3, -0.25) is 4.79 Å². The number of rotatable bonds is 8. The number of benzene rings is 2. The number of nitrogens with zero attached hydrogens (tertiary/aromatic N) is 2. The van der Waals surface area contributed by atoms with Crippen LogP contribution < -0.4 is 14.2 Å². The fraction of sp³-hybridized carbons (Fsp3) is 0.333. The molecule has 0 saturated heterocycles. The van der Waals surface area contributed by atoms with Crippen LogP contribution in [-0.4, -0.2) is 38.7 Å². The Kier molecular flexibility index (Phi) is 7.07. The first-order valence-corrected chi connectivity index (χ1v) is 8.66.